The molecule has 146 valence electrons. The molecule has 4 aromatic rings. The monoisotopic (exact) mass is 419 g/mol. The molecule has 0 aliphatic carbocycles. The van der Waals surface area contributed by atoms with Crippen LogP contribution in [0.25, 0.3) is 21.3 Å². The summed E-state index contributed by atoms with van der Waals surface area (Å²) < 4.78 is 0. The molecule has 0 unspecified atom stereocenters. The van der Waals surface area contributed by atoms with Crippen molar-refractivity contribution in [1.29, 1.82) is 0 Å². The molecule has 29 heavy (non-hydrogen) atoms. The Morgan fingerprint density at radius 1 is 0.931 bits per heavy atom. The number of fused-ring (bicyclic) bond motifs is 1. The normalized spacial score (nSPS) is 15.1. The quantitative estimate of drug-likeness (QED) is 0.355. The molecule has 0 bridgehead atoms. The average Bonchev–Trinajstić information content (AvgIpc) is 3.19. The molecule has 1 fully saturated rings. The summed E-state index contributed by atoms with van der Waals surface area (Å²) in [4.78, 5) is 12.5. The van der Waals surface area contributed by atoms with Gasteiger partial charge in [-0.3, -0.25) is 0 Å². The zero-order valence-electron chi connectivity index (χ0n) is 16.1. The van der Waals surface area contributed by atoms with E-state index in [-0.39, 0.29) is 0 Å². The van der Waals surface area contributed by atoms with E-state index in [9.17, 15) is 0 Å². The Balaban J connectivity index is 1.42. The number of nitrogens with zero attached hydrogens (tertiary/aromatic N) is 3. The molecule has 1 saturated heterocycles. The Morgan fingerprint density at radius 2 is 1.62 bits per heavy atom. The van der Waals surface area contributed by atoms with E-state index >= 15 is 0 Å². The van der Waals surface area contributed by atoms with Crippen LogP contribution in [0.3, 0.4) is 0 Å². The molecule has 5 rings (SSSR count). The third kappa shape index (κ3) is 3.87. The van der Waals surface area contributed by atoms with E-state index in [0.717, 1.165) is 41.5 Å². The molecule has 5 heteroatoms. The lowest BCUT2D eigenvalue weighted by Crippen LogP contribution is -2.35. The lowest BCUT2D eigenvalue weighted by Gasteiger charge is -2.33. The molecule has 3 nitrogen and oxygen atoms in total. The van der Waals surface area contributed by atoms with Gasteiger partial charge in [0.2, 0.25) is 5.28 Å². The maximum atomic E-state index is 6.29. The Morgan fingerprint density at radius 3 is 2.34 bits per heavy atom. The van der Waals surface area contributed by atoms with Crippen LogP contribution in [-0.4, -0.2) is 23.1 Å². The van der Waals surface area contributed by atoms with Gasteiger partial charge in [-0.1, -0.05) is 60.7 Å². The highest BCUT2D eigenvalue weighted by atomic mass is 35.5. The van der Waals surface area contributed by atoms with Crippen LogP contribution in [0.1, 0.15) is 18.4 Å². The highest BCUT2D eigenvalue weighted by Gasteiger charge is 2.24. The van der Waals surface area contributed by atoms with Gasteiger partial charge >= 0.3 is 0 Å². The Bertz CT molecular complexity index is 1100. The van der Waals surface area contributed by atoms with E-state index in [1.54, 1.807) is 11.3 Å². The Kier molecular flexibility index (Phi) is 5.21. The van der Waals surface area contributed by atoms with E-state index in [1.807, 2.05) is 6.07 Å². The van der Waals surface area contributed by atoms with Crippen LogP contribution in [0.4, 0.5) is 5.82 Å². The fraction of sp³-hybridized carbons (Fsp3) is 0.250. The first-order valence-electron chi connectivity index (χ1n) is 10.1. The van der Waals surface area contributed by atoms with Crippen molar-refractivity contribution in [3.05, 3.63) is 76.9 Å². The second kappa shape index (κ2) is 8.13. The van der Waals surface area contributed by atoms with Crippen LogP contribution in [0.15, 0.2) is 66.0 Å². The van der Waals surface area contributed by atoms with Gasteiger partial charge in [0.15, 0.2) is 0 Å². The number of thiophene rings is 1. The summed E-state index contributed by atoms with van der Waals surface area (Å²) in [6, 6.07) is 21.3. The third-order valence-corrected chi connectivity index (χ3v) is 6.79. The van der Waals surface area contributed by atoms with Crippen LogP contribution < -0.4 is 4.90 Å². The van der Waals surface area contributed by atoms with Gasteiger partial charge in [-0.05, 0) is 47.9 Å². The van der Waals surface area contributed by atoms with E-state index in [2.05, 4.69) is 74.8 Å². The topological polar surface area (TPSA) is 29.0 Å². The summed E-state index contributed by atoms with van der Waals surface area (Å²) in [7, 11) is 0. The maximum Gasteiger partial charge on any atom is 0.225 e. The fourth-order valence-electron chi connectivity index (χ4n) is 4.25. The summed E-state index contributed by atoms with van der Waals surface area (Å²) >= 11 is 7.93. The van der Waals surface area contributed by atoms with Crippen molar-refractivity contribution in [3.63, 3.8) is 0 Å². The van der Waals surface area contributed by atoms with Gasteiger partial charge in [-0.25, -0.2) is 4.98 Å². The van der Waals surface area contributed by atoms with Crippen molar-refractivity contribution < 1.29 is 0 Å². The predicted octanol–water partition coefficient (Wildman–Crippen LogP) is 6.47. The lowest BCUT2D eigenvalue weighted by molar-refractivity contribution is 0.403. The first-order valence-corrected chi connectivity index (χ1v) is 11.3. The van der Waals surface area contributed by atoms with Crippen LogP contribution >= 0.6 is 22.9 Å². The molecule has 0 saturated carbocycles. The number of hydrogen-bond acceptors (Lipinski definition) is 4. The number of aromatic nitrogens is 2. The molecule has 1 aliphatic heterocycles. The molecule has 1 aliphatic rings. The molecule has 2 aromatic carbocycles. The van der Waals surface area contributed by atoms with Gasteiger partial charge in [0, 0.05) is 24.0 Å². The van der Waals surface area contributed by atoms with Gasteiger partial charge in [0.1, 0.15) is 10.6 Å². The van der Waals surface area contributed by atoms with E-state index in [0.29, 0.717) is 5.28 Å². The van der Waals surface area contributed by atoms with Crippen molar-refractivity contribution in [2.45, 2.75) is 19.3 Å². The lowest BCUT2D eigenvalue weighted by atomic mass is 9.90. The van der Waals surface area contributed by atoms with Crippen LogP contribution in [0.2, 0.25) is 5.28 Å². The number of rotatable bonds is 4. The first-order chi connectivity index (χ1) is 14.3. The van der Waals surface area contributed by atoms with Crippen molar-refractivity contribution >= 4 is 39.0 Å². The summed E-state index contributed by atoms with van der Waals surface area (Å²) in [6.07, 6.45) is 3.49. The van der Waals surface area contributed by atoms with Crippen LogP contribution in [-0.2, 0) is 6.42 Å². The second-order valence-electron chi connectivity index (χ2n) is 7.63. The summed E-state index contributed by atoms with van der Waals surface area (Å²) in [6.45, 7) is 2.01. The molecule has 0 radical (unpaired) electrons. The molecule has 0 spiro atoms. The summed E-state index contributed by atoms with van der Waals surface area (Å²) in [5, 5.41) is 3.64. The number of benzene rings is 2. The summed E-state index contributed by atoms with van der Waals surface area (Å²) in [5.74, 6) is 1.70. The fourth-order valence-corrected chi connectivity index (χ4v) is 5.41. The minimum atomic E-state index is 0.334. The van der Waals surface area contributed by atoms with E-state index in [1.165, 1.54) is 29.5 Å². The zero-order valence-corrected chi connectivity index (χ0v) is 17.7. The zero-order chi connectivity index (χ0) is 19.6. The van der Waals surface area contributed by atoms with Gasteiger partial charge in [-0.2, -0.15) is 4.98 Å². The number of piperidine rings is 1. The van der Waals surface area contributed by atoms with E-state index < -0.39 is 0 Å². The van der Waals surface area contributed by atoms with Gasteiger partial charge in [-0.15, -0.1) is 11.3 Å². The standard InChI is InChI=1S/C24H22ClN3S/c25-24-26-22(21-20(16-29-23(21)27-24)19-9-5-2-6-10-19)28-13-11-18(12-14-28)15-17-7-3-1-4-8-17/h1-10,16,18H,11-15H2. The minimum absolute atomic E-state index is 0.334. The molecule has 0 N–H and O–H groups in total. The predicted molar refractivity (Wildman–Crippen MR) is 123 cm³/mol. The molecule has 2 aromatic heterocycles. The van der Waals surface area contributed by atoms with Crippen LogP contribution in [0, 0.1) is 5.92 Å². The maximum absolute atomic E-state index is 6.29. The highest BCUT2D eigenvalue weighted by Crippen LogP contribution is 2.40. The number of anilines is 1. The Labute approximate surface area is 180 Å². The van der Waals surface area contributed by atoms with E-state index in [4.69, 9.17) is 11.6 Å². The van der Waals surface area contributed by atoms with Crippen molar-refractivity contribution in [2.75, 3.05) is 18.0 Å². The number of hydrogen-bond donors (Lipinski definition) is 0. The summed E-state index contributed by atoms with van der Waals surface area (Å²) in [5.41, 5.74) is 3.83. The molecular weight excluding hydrogens is 398 g/mol. The molecule has 0 amide bonds. The van der Waals surface area contributed by atoms with Crippen molar-refractivity contribution in [1.82, 2.24) is 9.97 Å². The van der Waals surface area contributed by atoms with Gasteiger partial charge in [0.25, 0.3) is 0 Å². The SMILES string of the molecule is Clc1nc(N2CCC(Cc3ccccc3)CC2)c2c(-c3ccccc3)csc2n1. The molecular formula is C24H22ClN3S. The van der Waals surface area contributed by atoms with Crippen LogP contribution in [0.5, 0.6) is 0 Å². The first kappa shape index (κ1) is 18.6. The largest absolute Gasteiger partial charge is 0.356 e. The second-order valence-corrected chi connectivity index (χ2v) is 8.83. The van der Waals surface area contributed by atoms with Crippen molar-refractivity contribution in [3.8, 4) is 11.1 Å². The highest BCUT2D eigenvalue weighted by molar-refractivity contribution is 7.17. The molecule has 3 heterocycles. The van der Waals surface area contributed by atoms with Gasteiger partial charge in [0.05, 0.1) is 5.39 Å². The van der Waals surface area contributed by atoms with Crippen molar-refractivity contribution in [2.24, 2.45) is 5.92 Å². The number of halogens is 1. The average molecular weight is 420 g/mol. The molecule has 0 atom stereocenters. The minimum Gasteiger partial charge on any atom is -0.356 e. The third-order valence-electron chi connectivity index (χ3n) is 5.75. The smallest absolute Gasteiger partial charge is 0.225 e. The Hall–Kier alpha value is -2.43. The van der Waals surface area contributed by atoms with Gasteiger partial charge < -0.3 is 4.90 Å².